The molecule has 294 valence electrons. The minimum atomic E-state index is 0.717. The maximum atomic E-state index is 5.31. The predicted molar refractivity (Wildman–Crippen MR) is 266 cm³/mol. The van der Waals surface area contributed by atoms with E-state index in [0.717, 1.165) is 50.4 Å². The van der Waals surface area contributed by atoms with Gasteiger partial charge in [0, 0.05) is 58.6 Å². The average molecular weight is 820 g/mol. The first kappa shape index (κ1) is 36.8. The standard InChI is InChI=1S/C59H37N3S/c1-4-12-43(13-5-1)52-37-53(62-59(61-52)46-16-8-3-9-17-46)44-30-28-41(29-31-44)39-22-20-38(21-23-39)40-24-26-42(27-25-40)47-32-34-51-50(36-47)56-49(58(60-51)45-14-6-2-7-15-45)33-35-55-57(56)48-18-10-11-19-54(48)63-55/h1-37H. The highest BCUT2D eigenvalue weighted by molar-refractivity contribution is 7.26. The van der Waals surface area contributed by atoms with E-state index >= 15 is 0 Å². The molecule has 12 rings (SSSR count). The Morgan fingerprint density at radius 1 is 0.270 bits per heavy atom. The van der Waals surface area contributed by atoms with Crippen molar-refractivity contribution in [3.8, 4) is 78.5 Å². The van der Waals surface area contributed by atoms with Crippen LogP contribution in [0.2, 0.25) is 0 Å². The first-order valence-corrected chi connectivity index (χ1v) is 22.1. The van der Waals surface area contributed by atoms with Crippen LogP contribution < -0.4 is 0 Å². The zero-order valence-corrected chi connectivity index (χ0v) is 34.9. The molecule has 3 heterocycles. The second-order valence-corrected chi connectivity index (χ2v) is 17.0. The molecule has 63 heavy (non-hydrogen) atoms. The van der Waals surface area contributed by atoms with Crippen LogP contribution in [0.4, 0.5) is 0 Å². The molecule has 0 bridgehead atoms. The highest BCUT2D eigenvalue weighted by atomic mass is 32.1. The lowest BCUT2D eigenvalue weighted by atomic mass is 9.93. The van der Waals surface area contributed by atoms with E-state index in [1.165, 1.54) is 64.1 Å². The van der Waals surface area contributed by atoms with Gasteiger partial charge in [-0.2, -0.15) is 0 Å². The van der Waals surface area contributed by atoms with Gasteiger partial charge in [-0.15, -0.1) is 11.3 Å². The molecule has 0 aliphatic rings. The van der Waals surface area contributed by atoms with Gasteiger partial charge in [0.2, 0.25) is 0 Å². The van der Waals surface area contributed by atoms with Crippen LogP contribution in [-0.4, -0.2) is 15.0 Å². The van der Waals surface area contributed by atoms with Gasteiger partial charge < -0.3 is 0 Å². The van der Waals surface area contributed by atoms with Gasteiger partial charge in [-0.3, -0.25) is 0 Å². The molecule has 0 radical (unpaired) electrons. The molecule has 3 nitrogen and oxygen atoms in total. The third kappa shape index (κ3) is 6.74. The van der Waals surface area contributed by atoms with Crippen molar-refractivity contribution in [1.29, 1.82) is 0 Å². The van der Waals surface area contributed by atoms with Crippen LogP contribution in [0.15, 0.2) is 224 Å². The molecule has 0 N–H and O–H groups in total. The SMILES string of the molecule is c1ccc(-c2cc(-c3ccc(-c4ccc(-c5ccc(-c6ccc7nc(-c8ccccc8)c8ccc9sc%10ccccc%10c9c8c7c6)cc5)cc4)cc3)nc(-c3ccccc3)n2)cc1. The predicted octanol–water partition coefficient (Wildman–Crippen LogP) is 16.2. The number of hydrogen-bond acceptors (Lipinski definition) is 4. The minimum absolute atomic E-state index is 0.717. The first-order chi connectivity index (χ1) is 31.2. The molecule has 0 aliphatic heterocycles. The summed E-state index contributed by atoms with van der Waals surface area (Å²) < 4.78 is 2.60. The van der Waals surface area contributed by atoms with Crippen LogP contribution in [0, 0.1) is 0 Å². The highest BCUT2D eigenvalue weighted by Crippen LogP contribution is 2.44. The zero-order valence-electron chi connectivity index (χ0n) is 34.1. The van der Waals surface area contributed by atoms with Crippen molar-refractivity contribution in [3.05, 3.63) is 224 Å². The van der Waals surface area contributed by atoms with Crippen LogP contribution in [0.5, 0.6) is 0 Å². The van der Waals surface area contributed by atoms with Crippen molar-refractivity contribution in [2.24, 2.45) is 0 Å². The zero-order chi connectivity index (χ0) is 41.7. The van der Waals surface area contributed by atoms with E-state index in [1.807, 2.05) is 47.7 Å². The number of thiophene rings is 1. The van der Waals surface area contributed by atoms with Crippen LogP contribution in [0.25, 0.3) is 120 Å². The largest absolute Gasteiger partial charge is 0.247 e. The number of fused-ring (bicyclic) bond motifs is 7. The van der Waals surface area contributed by atoms with Gasteiger partial charge >= 0.3 is 0 Å². The molecule has 0 fully saturated rings. The van der Waals surface area contributed by atoms with Crippen molar-refractivity contribution in [2.75, 3.05) is 0 Å². The summed E-state index contributed by atoms with van der Waals surface area (Å²) in [5, 5.41) is 6.23. The third-order valence-electron chi connectivity index (χ3n) is 12.1. The first-order valence-electron chi connectivity index (χ1n) is 21.2. The Morgan fingerprint density at radius 3 is 1.35 bits per heavy atom. The molecule has 0 aliphatic carbocycles. The maximum Gasteiger partial charge on any atom is 0.160 e. The van der Waals surface area contributed by atoms with Crippen LogP contribution in [-0.2, 0) is 0 Å². The fourth-order valence-electron chi connectivity index (χ4n) is 8.92. The van der Waals surface area contributed by atoms with Gasteiger partial charge in [0.1, 0.15) is 0 Å². The van der Waals surface area contributed by atoms with E-state index < -0.39 is 0 Å². The van der Waals surface area contributed by atoms with Crippen molar-refractivity contribution in [1.82, 2.24) is 15.0 Å². The van der Waals surface area contributed by atoms with E-state index in [-0.39, 0.29) is 0 Å². The molecule has 3 aromatic heterocycles. The Bertz CT molecular complexity index is 3560. The second-order valence-electron chi connectivity index (χ2n) is 15.9. The van der Waals surface area contributed by atoms with Crippen LogP contribution in [0.1, 0.15) is 0 Å². The molecule has 9 aromatic carbocycles. The lowest BCUT2D eigenvalue weighted by Crippen LogP contribution is -1.95. The number of rotatable bonds is 7. The van der Waals surface area contributed by atoms with Crippen LogP contribution in [0.3, 0.4) is 0 Å². The summed E-state index contributed by atoms with van der Waals surface area (Å²) in [7, 11) is 0. The van der Waals surface area contributed by atoms with Crippen LogP contribution >= 0.6 is 11.3 Å². The Kier molecular flexibility index (Phi) is 9.02. The Morgan fingerprint density at radius 2 is 0.746 bits per heavy atom. The van der Waals surface area contributed by atoms with Gasteiger partial charge in [0.05, 0.1) is 22.6 Å². The summed E-state index contributed by atoms with van der Waals surface area (Å²) in [5.74, 6) is 0.717. The molecule has 0 atom stereocenters. The molecule has 0 amide bonds. The summed E-state index contributed by atoms with van der Waals surface area (Å²) >= 11 is 1.86. The fraction of sp³-hybridized carbons (Fsp3) is 0. The van der Waals surface area contributed by atoms with Gasteiger partial charge in [-0.1, -0.05) is 194 Å². The topological polar surface area (TPSA) is 38.7 Å². The lowest BCUT2D eigenvalue weighted by Gasteiger charge is -2.13. The Hall–Kier alpha value is -8.05. The van der Waals surface area contributed by atoms with Gasteiger partial charge in [0.15, 0.2) is 5.82 Å². The summed E-state index contributed by atoms with van der Waals surface area (Å²) in [4.78, 5) is 15.3. The van der Waals surface area contributed by atoms with Crippen molar-refractivity contribution < 1.29 is 0 Å². The Balaban J connectivity index is 0.847. The van der Waals surface area contributed by atoms with E-state index in [4.69, 9.17) is 15.0 Å². The molecule has 0 saturated carbocycles. The van der Waals surface area contributed by atoms with E-state index in [1.54, 1.807) is 0 Å². The van der Waals surface area contributed by atoms with E-state index in [2.05, 4.69) is 188 Å². The number of nitrogens with zero attached hydrogens (tertiary/aromatic N) is 3. The average Bonchev–Trinajstić information content (AvgIpc) is 3.76. The summed E-state index contributed by atoms with van der Waals surface area (Å²) in [6, 6.07) is 79.7. The van der Waals surface area contributed by atoms with Crippen molar-refractivity contribution in [2.45, 2.75) is 0 Å². The molecule has 0 spiro atoms. The number of pyridine rings is 1. The smallest absolute Gasteiger partial charge is 0.160 e. The second kappa shape index (κ2) is 15.4. The summed E-state index contributed by atoms with van der Waals surface area (Å²) in [6.45, 7) is 0. The van der Waals surface area contributed by atoms with Gasteiger partial charge in [0.25, 0.3) is 0 Å². The number of benzene rings is 9. The lowest BCUT2D eigenvalue weighted by molar-refractivity contribution is 1.18. The van der Waals surface area contributed by atoms with Gasteiger partial charge in [-0.05, 0) is 63.7 Å². The number of aromatic nitrogens is 3. The van der Waals surface area contributed by atoms with Crippen molar-refractivity contribution >= 4 is 53.2 Å². The molecule has 4 heteroatoms. The minimum Gasteiger partial charge on any atom is -0.247 e. The Labute approximate surface area is 369 Å². The summed E-state index contributed by atoms with van der Waals surface area (Å²) in [6.07, 6.45) is 0. The summed E-state index contributed by atoms with van der Waals surface area (Å²) in [5.41, 5.74) is 15.1. The van der Waals surface area contributed by atoms with Crippen molar-refractivity contribution in [3.63, 3.8) is 0 Å². The molecule has 0 unspecified atom stereocenters. The monoisotopic (exact) mass is 819 g/mol. The molecule has 0 saturated heterocycles. The maximum absolute atomic E-state index is 5.31. The highest BCUT2D eigenvalue weighted by Gasteiger charge is 2.17. The normalized spacial score (nSPS) is 11.5. The molecular formula is C59H37N3S. The quantitative estimate of drug-likeness (QED) is 0.150. The number of hydrogen-bond donors (Lipinski definition) is 0. The van der Waals surface area contributed by atoms with Gasteiger partial charge in [-0.25, -0.2) is 15.0 Å². The van der Waals surface area contributed by atoms with E-state index in [9.17, 15) is 0 Å². The van der Waals surface area contributed by atoms with E-state index in [0.29, 0.717) is 5.82 Å². The molecular weight excluding hydrogens is 783 g/mol. The third-order valence-corrected chi connectivity index (χ3v) is 13.3. The molecule has 12 aromatic rings. The fourth-order valence-corrected chi connectivity index (χ4v) is 10.0.